The van der Waals surface area contributed by atoms with Crippen molar-refractivity contribution in [2.75, 3.05) is 0 Å². The zero-order chi connectivity index (χ0) is 9.26. The van der Waals surface area contributed by atoms with Crippen LogP contribution < -0.4 is 0 Å². The minimum absolute atomic E-state index is 0.150. The van der Waals surface area contributed by atoms with Crippen molar-refractivity contribution in [2.24, 2.45) is 0 Å². The van der Waals surface area contributed by atoms with Crippen molar-refractivity contribution in [1.82, 2.24) is 0 Å². The predicted octanol–water partition coefficient (Wildman–Crippen LogP) is 2.10. The van der Waals surface area contributed by atoms with Crippen LogP contribution in [0.5, 0.6) is 0 Å². The van der Waals surface area contributed by atoms with Gasteiger partial charge in [0.15, 0.2) is 0 Å². The first-order valence-electron chi connectivity index (χ1n) is 4.28. The van der Waals surface area contributed by atoms with Crippen molar-refractivity contribution in [1.29, 1.82) is 0 Å². The van der Waals surface area contributed by atoms with Gasteiger partial charge in [-0.05, 0) is 18.4 Å². The number of aliphatic hydroxyl groups is 1. The molecule has 0 atom stereocenters. The van der Waals surface area contributed by atoms with E-state index in [1.165, 1.54) is 0 Å². The van der Waals surface area contributed by atoms with Crippen molar-refractivity contribution >= 4 is 12.0 Å². The van der Waals surface area contributed by atoms with Gasteiger partial charge in [-0.3, -0.25) is 4.79 Å². The van der Waals surface area contributed by atoms with Gasteiger partial charge in [0.05, 0.1) is 0 Å². The van der Waals surface area contributed by atoms with E-state index in [0.717, 1.165) is 23.8 Å². The molecule has 1 aliphatic carbocycles. The zero-order valence-electron chi connectivity index (χ0n) is 7.16. The number of hydrogen-bond acceptors (Lipinski definition) is 2. The molecule has 0 spiro atoms. The minimum atomic E-state index is 0.150. The molecule has 2 nitrogen and oxygen atoms in total. The molecule has 1 N–H and O–H groups in total. The van der Waals surface area contributed by atoms with E-state index in [0.29, 0.717) is 12.0 Å². The monoisotopic (exact) mass is 174 g/mol. The first kappa shape index (κ1) is 8.05. The fourth-order valence-electron chi connectivity index (χ4n) is 1.64. The number of aliphatic hydroxyl groups excluding tert-OH is 1. The highest BCUT2D eigenvalue weighted by molar-refractivity contribution is 5.87. The Balaban J connectivity index is 2.58. The molecule has 0 amide bonds. The molecule has 66 valence electrons. The predicted molar refractivity (Wildman–Crippen MR) is 50.4 cm³/mol. The van der Waals surface area contributed by atoms with E-state index in [1.54, 1.807) is 0 Å². The molecule has 1 aliphatic rings. The molecule has 0 unspecified atom stereocenters. The Hall–Kier alpha value is -1.57. The normalized spacial score (nSPS) is 15.4. The number of carbonyl (C=O) groups is 1. The van der Waals surface area contributed by atoms with Crippen LogP contribution in [0.15, 0.2) is 29.8 Å². The number of rotatable bonds is 1. The molecule has 2 heteroatoms. The Bertz CT molecular complexity index is 377. The van der Waals surface area contributed by atoms with E-state index in [1.807, 2.05) is 24.3 Å². The first-order valence-corrected chi connectivity index (χ1v) is 4.28. The molecule has 0 saturated heterocycles. The van der Waals surface area contributed by atoms with Crippen LogP contribution in [0.3, 0.4) is 0 Å². The number of benzene rings is 1. The quantitative estimate of drug-likeness (QED) is 0.662. The van der Waals surface area contributed by atoms with Crippen molar-refractivity contribution in [3.05, 3.63) is 41.0 Å². The van der Waals surface area contributed by atoms with E-state index in [9.17, 15) is 9.90 Å². The van der Waals surface area contributed by atoms with Gasteiger partial charge < -0.3 is 5.11 Å². The maximum atomic E-state index is 10.6. The summed E-state index contributed by atoms with van der Waals surface area (Å²) in [6, 6.07) is 7.63. The number of fused-ring (bicyclic) bond motifs is 1. The van der Waals surface area contributed by atoms with Crippen LogP contribution >= 0.6 is 0 Å². The molecule has 0 fully saturated rings. The molecule has 0 bridgehead atoms. The van der Waals surface area contributed by atoms with Gasteiger partial charge in [0.1, 0.15) is 12.0 Å². The minimum Gasteiger partial charge on any atom is -0.507 e. The van der Waals surface area contributed by atoms with Crippen LogP contribution in [-0.4, -0.2) is 11.4 Å². The van der Waals surface area contributed by atoms with Gasteiger partial charge in [0, 0.05) is 11.1 Å². The van der Waals surface area contributed by atoms with Gasteiger partial charge in [-0.15, -0.1) is 0 Å². The maximum absolute atomic E-state index is 10.6. The third-order valence-electron chi connectivity index (χ3n) is 2.38. The largest absolute Gasteiger partial charge is 0.507 e. The summed E-state index contributed by atoms with van der Waals surface area (Å²) in [4.78, 5) is 10.6. The lowest BCUT2D eigenvalue weighted by Gasteiger charge is -2.15. The van der Waals surface area contributed by atoms with Crippen LogP contribution in [0.25, 0.3) is 5.76 Å². The van der Waals surface area contributed by atoms with Gasteiger partial charge in [-0.25, -0.2) is 0 Å². The van der Waals surface area contributed by atoms with E-state index in [2.05, 4.69) is 0 Å². The Morgan fingerprint density at radius 3 is 2.77 bits per heavy atom. The zero-order valence-corrected chi connectivity index (χ0v) is 7.16. The molecular formula is C11H10O2. The smallest absolute Gasteiger partial charge is 0.149 e. The van der Waals surface area contributed by atoms with Crippen LogP contribution in [-0.2, 0) is 11.2 Å². The summed E-state index contributed by atoms with van der Waals surface area (Å²) in [5.41, 5.74) is 2.43. The van der Waals surface area contributed by atoms with E-state index in [-0.39, 0.29) is 5.76 Å². The van der Waals surface area contributed by atoms with Gasteiger partial charge in [0.2, 0.25) is 0 Å². The molecule has 1 aromatic carbocycles. The lowest BCUT2D eigenvalue weighted by atomic mass is 9.91. The number of aldehydes is 1. The fourth-order valence-corrected chi connectivity index (χ4v) is 1.64. The van der Waals surface area contributed by atoms with E-state index >= 15 is 0 Å². The average molecular weight is 174 g/mol. The molecule has 0 radical (unpaired) electrons. The van der Waals surface area contributed by atoms with Gasteiger partial charge >= 0.3 is 0 Å². The van der Waals surface area contributed by atoms with Gasteiger partial charge in [-0.1, -0.05) is 24.3 Å². The van der Waals surface area contributed by atoms with Gasteiger partial charge in [-0.2, -0.15) is 0 Å². The second kappa shape index (κ2) is 3.05. The number of aryl methyl sites for hydroxylation is 1. The molecule has 0 aliphatic heterocycles. The molecule has 0 aromatic heterocycles. The highest BCUT2D eigenvalue weighted by Crippen LogP contribution is 2.27. The molecule has 0 saturated carbocycles. The lowest BCUT2D eigenvalue weighted by Crippen LogP contribution is -2.05. The highest BCUT2D eigenvalue weighted by Gasteiger charge is 2.16. The molecule has 13 heavy (non-hydrogen) atoms. The second-order valence-electron chi connectivity index (χ2n) is 3.15. The summed E-state index contributed by atoms with van der Waals surface area (Å²) in [6.07, 6.45) is 2.23. The first-order chi connectivity index (χ1) is 6.33. The maximum Gasteiger partial charge on any atom is 0.149 e. The highest BCUT2D eigenvalue weighted by atomic mass is 16.3. The Kier molecular flexibility index (Phi) is 1.89. The van der Waals surface area contributed by atoms with Crippen LogP contribution in [0.4, 0.5) is 0 Å². The SMILES string of the molecule is O=CC1=C(O)c2ccccc2CC1. The van der Waals surface area contributed by atoms with Crippen molar-refractivity contribution in [3.8, 4) is 0 Å². The van der Waals surface area contributed by atoms with Crippen LogP contribution in [0.1, 0.15) is 17.5 Å². The summed E-state index contributed by atoms with van der Waals surface area (Å²) >= 11 is 0. The number of carbonyl (C=O) groups excluding carboxylic acids is 1. The molecule has 1 aromatic rings. The van der Waals surface area contributed by atoms with Crippen LogP contribution in [0, 0.1) is 0 Å². The van der Waals surface area contributed by atoms with Crippen molar-refractivity contribution in [3.63, 3.8) is 0 Å². The third kappa shape index (κ3) is 1.24. The number of allylic oxidation sites excluding steroid dienone is 1. The average Bonchev–Trinajstić information content (AvgIpc) is 2.19. The Morgan fingerprint density at radius 2 is 2.00 bits per heavy atom. The molecule has 0 heterocycles. The fraction of sp³-hybridized carbons (Fsp3) is 0.182. The van der Waals surface area contributed by atoms with Crippen molar-refractivity contribution in [2.45, 2.75) is 12.8 Å². The second-order valence-corrected chi connectivity index (χ2v) is 3.15. The summed E-state index contributed by atoms with van der Waals surface area (Å²) in [7, 11) is 0. The summed E-state index contributed by atoms with van der Waals surface area (Å²) in [5, 5.41) is 9.67. The topological polar surface area (TPSA) is 37.3 Å². The number of hydrogen-bond donors (Lipinski definition) is 1. The molecule has 2 rings (SSSR count). The lowest BCUT2D eigenvalue weighted by molar-refractivity contribution is -0.105. The van der Waals surface area contributed by atoms with E-state index < -0.39 is 0 Å². The van der Waals surface area contributed by atoms with Crippen LogP contribution in [0.2, 0.25) is 0 Å². The summed E-state index contributed by atoms with van der Waals surface area (Å²) in [5.74, 6) is 0.150. The van der Waals surface area contributed by atoms with E-state index in [4.69, 9.17) is 0 Å². The molecular weight excluding hydrogens is 164 g/mol. The van der Waals surface area contributed by atoms with Gasteiger partial charge in [0.25, 0.3) is 0 Å². The standard InChI is InChI=1S/C11H10O2/c12-7-9-6-5-8-3-1-2-4-10(8)11(9)13/h1-4,7,13H,5-6H2. The Morgan fingerprint density at radius 1 is 1.23 bits per heavy atom. The van der Waals surface area contributed by atoms with Crippen molar-refractivity contribution < 1.29 is 9.90 Å². The summed E-state index contributed by atoms with van der Waals surface area (Å²) < 4.78 is 0. The third-order valence-corrected chi connectivity index (χ3v) is 2.38. The Labute approximate surface area is 76.5 Å². The summed E-state index contributed by atoms with van der Waals surface area (Å²) in [6.45, 7) is 0.